The van der Waals surface area contributed by atoms with Crippen molar-refractivity contribution in [1.82, 2.24) is 5.32 Å². The largest absolute Gasteiger partial charge is 0.345 e. The van der Waals surface area contributed by atoms with Gasteiger partial charge in [-0.2, -0.15) is 0 Å². The van der Waals surface area contributed by atoms with Crippen LogP contribution in [0.25, 0.3) is 0 Å². The average molecular weight is 324 g/mol. The minimum atomic E-state index is -0.153. The Hall–Kier alpha value is -2.62. The molecule has 24 heavy (non-hydrogen) atoms. The monoisotopic (exact) mass is 324 g/mol. The molecule has 2 N–H and O–H groups in total. The van der Waals surface area contributed by atoms with E-state index in [0.29, 0.717) is 11.3 Å². The number of hydrogen-bond acceptors (Lipinski definition) is 2. The Kier molecular flexibility index (Phi) is 5.74. The summed E-state index contributed by atoms with van der Waals surface area (Å²) >= 11 is 0. The maximum atomic E-state index is 12.7. The molecular formula is C20H24N2O2. The first-order valence-corrected chi connectivity index (χ1v) is 8.12. The summed E-state index contributed by atoms with van der Waals surface area (Å²) < 4.78 is 0. The van der Waals surface area contributed by atoms with E-state index in [1.165, 1.54) is 6.92 Å². The number of rotatable bonds is 5. The van der Waals surface area contributed by atoms with E-state index in [0.717, 1.165) is 11.1 Å². The van der Waals surface area contributed by atoms with Gasteiger partial charge < -0.3 is 10.6 Å². The predicted octanol–water partition coefficient (Wildman–Crippen LogP) is 4.08. The van der Waals surface area contributed by atoms with E-state index in [4.69, 9.17) is 0 Å². The lowest BCUT2D eigenvalue weighted by atomic mass is 9.95. The molecule has 0 aliphatic rings. The van der Waals surface area contributed by atoms with Crippen molar-refractivity contribution in [2.75, 3.05) is 5.32 Å². The number of aryl methyl sites for hydroxylation is 1. The highest BCUT2D eigenvalue weighted by molar-refractivity contribution is 5.97. The summed E-state index contributed by atoms with van der Waals surface area (Å²) in [6.07, 6.45) is 0. The van der Waals surface area contributed by atoms with E-state index >= 15 is 0 Å². The zero-order valence-electron chi connectivity index (χ0n) is 14.6. The molecule has 126 valence electrons. The molecule has 0 aromatic heterocycles. The maximum Gasteiger partial charge on any atom is 0.251 e. The lowest BCUT2D eigenvalue weighted by molar-refractivity contribution is -0.114. The predicted molar refractivity (Wildman–Crippen MR) is 97.0 cm³/mol. The van der Waals surface area contributed by atoms with Crippen LogP contribution in [0.4, 0.5) is 5.69 Å². The highest BCUT2D eigenvalue weighted by atomic mass is 16.2. The van der Waals surface area contributed by atoms with E-state index in [-0.39, 0.29) is 23.8 Å². The van der Waals surface area contributed by atoms with Crippen LogP contribution in [0.15, 0.2) is 48.5 Å². The van der Waals surface area contributed by atoms with Gasteiger partial charge in [-0.3, -0.25) is 9.59 Å². The van der Waals surface area contributed by atoms with Crippen LogP contribution in [-0.4, -0.2) is 11.8 Å². The standard InChI is InChI=1S/C20H24N2O2/c1-13(2)19(16-8-6-5-7-9-16)22-20(24)17-11-10-14(3)18(12-17)21-15(4)23/h5-13,19H,1-4H3,(H,21,23)(H,22,24). The summed E-state index contributed by atoms with van der Waals surface area (Å²) in [7, 11) is 0. The summed E-state index contributed by atoms with van der Waals surface area (Å²) in [5.74, 6) is -0.0410. The number of hydrogen-bond donors (Lipinski definition) is 2. The molecule has 1 atom stereocenters. The summed E-state index contributed by atoms with van der Waals surface area (Å²) in [5.41, 5.74) is 3.20. The Morgan fingerprint density at radius 3 is 2.25 bits per heavy atom. The fourth-order valence-electron chi connectivity index (χ4n) is 2.61. The van der Waals surface area contributed by atoms with Crippen LogP contribution in [0.1, 0.15) is 48.3 Å². The van der Waals surface area contributed by atoms with E-state index < -0.39 is 0 Å². The minimum Gasteiger partial charge on any atom is -0.345 e. The van der Waals surface area contributed by atoms with E-state index in [9.17, 15) is 9.59 Å². The molecule has 0 radical (unpaired) electrons. The third-order valence-electron chi connectivity index (χ3n) is 3.92. The average Bonchev–Trinajstić information content (AvgIpc) is 2.54. The van der Waals surface area contributed by atoms with Crippen molar-refractivity contribution >= 4 is 17.5 Å². The molecule has 0 saturated heterocycles. The van der Waals surface area contributed by atoms with Crippen molar-refractivity contribution < 1.29 is 9.59 Å². The number of carbonyl (C=O) groups excluding carboxylic acids is 2. The van der Waals surface area contributed by atoms with Crippen LogP contribution in [0.5, 0.6) is 0 Å². The normalized spacial score (nSPS) is 11.9. The first-order valence-electron chi connectivity index (χ1n) is 8.12. The second-order valence-electron chi connectivity index (χ2n) is 6.32. The quantitative estimate of drug-likeness (QED) is 0.870. The van der Waals surface area contributed by atoms with Crippen LogP contribution in [0.3, 0.4) is 0 Å². The Bertz CT molecular complexity index is 724. The van der Waals surface area contributed by atoms with Crippen molar-refractivity contribution in [3.05, 3.63) is 65.2 Å². The van der Waals surface area contributed by atoms with Gasteiger partial charge in [0.05, 0.1) is 6.04 Å². The Balaban J connectivity index is 2.23. The molecule has 0 heterocycles. The molecule has 0 aliphatic carbocycles. The van der Waals surface area contributed by atoms with Crippen molar-refractivity contribution in [3.8, 4) is 0 Å². The summed E-state index contributed by atoms with van der Waals surface area (Å²) in [4.78, 5) is 23.9. The number of amides is 2. The van der Waals surface area contributed by atoms with Gasteiger partial charge in [0.1, 0.15) is 0 Å². The molecule has 1 unspecified atom stereocenters. The van der Waals surface area contributed by atoms with Crippen LogP contribution in [0.2, 0.25) is 0 Å². The minimum absolute atomic E-state index is 0.0655. The molecule has 4 nitrogen and oxygen atoms in total. The number of nitrogens with one attached hydrogen (secondary N) is 2. The van der Waals surface area contributed by atoms with Gasteiger partial charge in [-0.25, -0.2) is 0 Å². The van der Waals surface area contributed by atoms with Gasteiger partial charge in [0.2, 0.25) is 5.91 Å². The van der Waals surface area contributed by atoms with E-state index in [2.05, 4.69) is 24.5 Å². The molecule has 2 amide bonds. The van der Waals surface area contributed by atoms with Gasteiger partial charge in [0, 0.05) is 18.2 Å². The molecule has 0 saturated carbocycles. The topological polar surface area (TPSA) is 58.2 Å². The van der Waals surface area contributed by atoms with Crippen molar-refractivity contribution in [1.29, 1.82) is 0 Å². The zero-order chi connectivity index (χ0) is 17.7. The van der Waals surface area contributed by atoms with Crippen molar-refractivity contribution in [2.45, 2.75) is 33.7 Å². The van der Waals surface area contributed by atoms with Crippen LogP contribution in [-0.2, 0) is 4.79 Å². The van der Waals surface area contributed by atoms with Gasteiger partial charge in [-0.15, -0.1) is 0 Å². The van der Waals surface area contributed by atoms with E-state index in [1.54, 1.807) is 12.1 Å². The van der Waals surface area contributed by atoms with Crippen LogP contribution in [0, 0.1) is 12.8 Å². The Morgan fingerprint density at radius 1 is 1.00 bits per heavy atom. The molecule has 0 bridgehead atoms. The molecule has 0 fully saturated rings. The molecule has 0 spiro atoms. The summed E-state index contributed by atoms with van der Waals surface area (Å²) in [5, 5.41) is 5.85. The second-order valence-corrected chi connectivity index (χ2v) is 6.32. The number of carbonyl (C=O) groups is 2. The van der Waals surface area contributed by atoms with Gasteiger partial charge >= 0.3 is 0 Å². The zero-order valence-corrected chi connectivity index (χ0v) is 14.6. The lowest BCUT2D eigenvalue weighted by Crippen LogP contribution is -2.31. The smallest absolute Gasteiger partial charge is 0.251 e. The van der Waals surface area contributed by atoms with Crippen LogP contribution < -0.4 is 10.6 Å². The highest BCUT2D eigenvalue weighted by Crippen LogP contribution is 2.23. The lowest BCUT2D eigenvalue weighted by Gasteiger charge is -2.23. The maximum absolute atomic E-state index is 12.7. The molecule has 2 aromatic rings. The molecule has 2 aromatic carbocycles. The molecule has 0 aliphatic heterocycles. The molecule has 4 heteroatoms. The number of benzene rings is 2. The summed E-state index contributed by atoms with van der Waals surface area (Å²) in [6.45, 7) is 7.51. The fraction of sp³-hybridized carbons (Fsp3) is 0.300. The SMILES string of the molecule is CC(=O)Nc1cc(C(=O)NC(c2ccccc2)C(C)C)ccc1C. The van der Waals surface area contributed by atoms with Crippen molar-refractivity contribution in [2.24, 2.45) is 5.92 Å². The Morgan fingerprint density at radius 2 is 1.67 bits per heavy atom. The summed E-state index contributed by atoms with van der Waals surface area (Å²) in [6, 6.07) is 15.2. The fourth-order valence-corrected chi connectivity index (χ4v) is 2.61. The van der Waals surface area contributed by atoms with Crippen molar-refractivity contribution in [3.63, 3.8) is 0 Å². The van der Waals surface area contributed by atoms with Crippen LogP contribution >= 0.6 is 0 Å². The first-order chi connectivity index (χ1) is 11.4. The van der Waals surface area contributed by atoms with Gasteiger partial charge in [-0.1, -0.05) is 50.2 Å². The van der Waals surface area contributed by atoms with E-state index in [1.807, 2.05) is 43.3 Å². The molecule has 2 rings (SSSR count). The van der Waals surface area contributed by atoms with Gasteiger partial charge in [-0.05, 0) is 36.1 Å². The third-order valence-corrected chi connectivity index (χ3v) is 3.92. The third kappa shape index (κ3) is 4.44. The highest BCUT2D eigenvalue weighted by Gasteiger charge is 2.19. The Labute approximate surface area is 143 Å². The second kappa shape index (κ2) is 7.77. The molecular weight excluding hydrogens is 300 g/mol. The number of anilines is 1. The first kappa shape index (κ1) is 17.7. The van der Waals surface area contributed by atoms with Gasteiger partial charge in [0.15, 0.2) is 0 Å². The van der Waals surface area contributed by atoms with Gasteiger partial charge in [0.25, 0.3) is 5.91 Å².